The molecule has 3 N–H and O–H groups in total. The minimum atomic E-state index is -2.57. The first-order valence-electron chi connectivity index (χ1n) is 17.6. The van der Waals surface area contributed by atoms with Crippen LogP contribution in [0.4, 0.5) is 20.3 Å². The molecule has 268 valence electrons. The van der Waals surface area contributed by atoms with Gasteiger partial charge in [0.1, 0.15) is 23.5 Å². The fourth-order valence-electron chi connectivity index (χ4n) is 6.93. The highest BCUT2D eigenvalue weighted by atomic mass is 19.3. The predicted molar refractivity (Wildman–Crippen MR) is 191 cm³/mol. The minimum Gasteiger partial charge on any atom is -0.378 e. The molecule has 3 aliphatic rings. The monoisotopic (exact) mass is 699 g/mol. The van der Waals surface area contributed by atoms with Crippen molar-refractivity contribution < 1.29 is 23.1 Å². The van der Waals surface area contributed by atoms with Crippen molar-refractivity contribution in [3.05, 3.63) is 78.4 Å². The first kappa shape index (κ1) is 34.6. The summed E-state index contributed by atoms with van der Waals surface area (Å²) in [5, 5.41) is 7.00. The van der Waals surface area contributed by atoms with Crippen LogP contribution in [0, 0.1) is 0 Å². The van der Waals surface area contributed by atoms with Crippen LogP contribution in [0.3, 0.4) is 0 Å². The molecular weight excluding hydrogens is 656 g/mol. The third-order valence-corrected chi connectivity index (χ3v) is 9.70. The van der Waals surface area contributed by atoms with Gasteiger partial charge in [-0.1, -0.05) is 18.2 Å². The Morgan fingerprint density at radius 1 is 0.980 bits per heavy atom. The average molecular weight is 700 g/mol. The maximum absolute atomic E-state index is 13.4. The summed E-state index contributed by atoms with van der Waals surface area (Å²) in [6.45, 7) is 6.27. The van der Waals surface area contributed by atoms with E-state index in [9.17, 15) is 18.4 Å². The summed E-state index contributed by atoms with van der Waals surface area (Å²) in [5.41, 5.74) is 4.58. The van der Waals surface area contributed by atoms with Crippen molar-refractivity contribution in [3.63, 3.8) is 0 Å². The first-order valence-corrected chi connectivity index (χ1v) is 17.6. The number of hydrogen-bond acceptors (Lipinski definition) is 9. The number of aromatic amines is 1. The number of carbonyl (C=O) groups is 2. The van der Waals surface area contributed by atoms with Crippen molar-refractivity contribution in [3.8, 4) is 11.3 Å². The summed E-state index contributed by atoms with van der Waals surface area (Å²) < 4.78 is 32.3. The highest BCUT2D eigenvalue weighted by molar-refractivity contribution is 6.03. The van der Waals surface area contributed by atoms with E-state index in [1.807, 2.05) is 41.3 Å². The van der Waals surface area contributed by atoms with Gasteiger partial charge < -0.3 is 25.3 Å². The number of carbonyl (C=O) groups excluding carboxylic acids is 2. The van der Waals surface area contributed by atoms with Crippen LogP contribution >= 0.6 is 0 Å². The number of fused-ring (bicyclic) bond motifs is 1. The van der Waals surface area contributed by atoms with E-state index in [1.165, 1.54) is 6.08 Å². The number of halogens is 2. The Kier molecular flexibility index (Phi) is 10.6. The van der Waals surface area contributed by atoms with Crippen LogP contribution in [0.1, 0.15) is 41.7 Å². The number of nitrogens with one attached hydrogen (secondary N) is 3. The fourth-order valence-corrected chi connectivity index (χ4v) is 6.93. The molecule has 51 heavy (non-hydrogen) atoms. The van der Waals surface area contributed by atoms with Gasteiger partial charge in [0.05, 0.1) is 18.6 Å². The maximum atomic E-state index is 13.4. The molecule has 0 unspecified atom stereocenters. The summed E-state index contributed by atoms with van der Waals surface area (Å²) in [5.74, 6) is -2.15. The molecule has 0 bridgehead atoms. The van der Waals surface area contributed by atoms with E-state index in [1.54, 1.807) is 18.6 Å². The molecule has 14 heteroatoms. The Hall–Kier alpha value is -4.79. The van der Waals surface area contributed by atoms with Crippen molar-refractivity contribution >= 4 is 34.4 Å². The number of pyridine rings is 1. The van der Waals surface area contributed by atoms with Crippen LogP contribution in [0.5, 0.6) is 0 Å². The lowest BCUT2D eigenvalue weighted by molar-refractivity contribution is -0.117. The van der Waals surface area contributed by atoms with Crippen LogP contribution in [-0.2, 0) is 16.1 Å². The summed E-state index contributed by atoms with van der Waals surface area (Å²) in [6.07, 6.45) is 8.02. The SMILES string of the molecule is O=C(/C=C/CN1CCC(F)(F)CC1)N[C@@H]1CCCN(Cc2ccnc(C(=O)Nc3ccc(-c4cc5c(N6CCOCC6)ncnc5[nH]4)cc3)c2)C1. The lowest BCUT2D eigenvalue weighted by Crippen LogP contribution is -2.47. The number of likely N-dealkylation sites (tertiary alicyclic amines) is 2. The number of H-pyrrole nitrogens is 1. The number of alkyl halides is 2. The Balaban J connectivity index is 0.905. The number of amides is 2. The number of rotatable bonds is 10. The van der Waals surface area contributed by atoms with Crippen LogP contribution < -0.4 is 15.5 Å². The van der Waals surface area contributed by atoms with Crippen LogP contribution in [0.2, 0.25) is 0 Å². The Labute approximate surface area is 295 Å². The molecule has 3 aromatic heterocycles. The second-order valence-electron chi connectivity index (χ2n) is 13.5. The minimum absolute atomic E-state index is 0.00117. The van der Waals surface area contributed by atoms with Crippen LogP contribution in [-0.4, -0.2) is 113 Å². The molecule has 1 aromatic carbocycles. The van der Waals surface area contributed by atoms with E-state index >= 15 is 0 Å². The lowest BCUT2D eigenvalue weighted by Gasteiger charge is -2.33. The van der Waals surface area contributed by atoms with Gasteiger partial charge in [0.25, 0.3) is 11.8 Å². The van der Waals surface area contributed by atoms with Crippen molar-refractivity contribution in [1.82, 2.24) is 35.1 Å². The molecule has 0 aliphatic carbocycles. The number of ether oxygens (including phenoxy) is 1. The number of morpholine rings is 1. The molecule has 7 rings (SSSR count). The van der Waals surface area contributed by atoms with E-state index in [-0.39, 0.29) is 30.7 Å². The summed E-state index contributed by atoms with van der Waals surface area (Å²) in [6, 6.07) is 13.4. The van der Waals surface area contributed by atoms with Gasteiger partial charge in [0.2, 0.25) is 5.91 Å². The van der Waals surface area contributed by atoms with E-state index in [4.69, 9.17) is 4.74 Å². The van der Waals surface area contributed by atoms with Gasteiger partial charge in [-0.15, -0.1) is 0 Å². The van der Waals surface area contributed by atoms with E-state index < -0.39 is 5.92 Å². The number of piperidine rings is 2. The number of hydrogen-bond donors (Lipinski definition) is 3. The molecular formula is C37H43F2N9O3. The summed E-state index contributed by atoms with van der Waals surface area (Å²) in [4.78, 5) is 48.9. The van der Waals surface area contributed by atoms with Crippen molar-refractivity contribution in [2.24, 2.45) is 0 Å². The van der Waals surface area contributed by atoms with E-state index in [2.05, 4.69) is 46.4 Å². The lowest BCUT2D eigenvalue weighted by atomic mass is 10.0. The average Bonchev–Trinajstić information content (AvgIpc) is 3.58. The number of benzene rings is 1. The molecule has 2 amide bonds. The standard InChI is InChI=1S/C37H43F2N9O3/c38-37(39)10-15-46(16-11-37)13-2-4-33(49)43-29-3-1-14-47(24-29)23-26-9-12-40-32(21-26)36(50)44-28-7-5-27(6-8-28)31-22-30-34(45-31)41-25-42-35(30)48-17-19-51-20-18-48/h2,4-9,12,21-22,25,29H,1,3,10-11,13-20,23-24H2,(H,43,49)(H,44,50)(H,41,42,45)/b4-2+/t29-/m1/s1. The van der Waals surface area contributed by atoms with Gasteiger partial charge in [-0.2, -0.15) is 0 Å². The van der Waals surface area contributed by atoms with E-state index in [0.29, 0.717) is 57.3 Å². The normalized spacial score (nSPS) is 20.1. The molecule has 1 atom stereocenters. The third kappa shape index (κ3) is 8.93. The second kappa shape index (κ2) is 15.6. The van der Waals surface area contributed by atoms with Crippen molar-refractivity contribution in [1.29, 1.82) is 0 Å². The number of anilines is 2. The topological polar surface area (TPSA) is 132 Å². The molecule has 0 radical (unpaired) electrons. The smallest absolute Gasteiger partial charge is 0.274 e. The van der Waals surface area contributed by atoms with Crippen LogP contribution in [0.25, 0.3) is 22.3 Å². The molecule has 12 nitrogen and oxygen atoms in total. The fraction of sp³-hybridized carbons (Fsp3) is 0.432. The van der Waals surface area contributed by atoms with Crippen LogP contribution in [0.15, 0.2) is 67.1 Å². The van der Waals surface area contributed by atoms with Gasteiger partial charge in [0, 0.05) is 88.4 Å². The van der Waals surface area contributed by atoms with Gasteiger partial charge >= 0.3 is 0 Å². The predicted octanol–water partition coefficient (Wildman–Crippen LogP) is 4.48. The van der Waals surface area contributed by atoms with Gasteiger partial charge in [-0.25, -0.2) is 18.7 Å². The third-order valence-electron chi connectivity index (χ3n) is 9.70. The maximum Gasteiger partial charge on any atom is 0.274 e. The zero-order valence-corrected chi connectivity index (χ0v) is 28.5. The number of nitrogens with zero attached hydrogens (tertiary/aromatic N) is 6. The Morgan fingerprint density at radius 2 is 1.78 bits per heavy atom. The Bertz CT molecular complexity index is 1850. The summed E-state index contributed by atoms with van der Waals surface area (Å²) >= 11 is 0. The highest BCUT2D eigenvalue weighted by Gasteiger charge is 2.33. The van der Waals surface area contributed by atoms with Gasteiger partial charge in [-0.05, 0) is 60.8 Å². The zero-order chi connectivity index (χ0) is 35.2. The summed E-state index contributed by atoms with van der Waals surface area (Å²) in [7, 11) is 0. The molecule has 3 fully saturated rings. The van der Waals surface area contributed by atoms with Gasteiger partial charge in [-0.3, -0.25) is 24.4 Å². The quantitative estimate of drug-likeness (QED) is 0.205. The molecule has 6 heterocycles. The second-order valence-corrected chi connectivity index (χ2v) is 13.5. The van der Waals surface area contributed by atoms with Crippen molar-refractivity contribution in [2.45, 2.75) is 44.2 Å². The van der Waals surface area contributed by atoms with Crippen molar-refractivity contribution in [2.75, 3.05) is 69.2 Å². The Morgan fingerprint density at radius 3 is 2.59 bits per heavy atom. The first-order chi connectivity index (χ1) is 24.8. The largest absolute Gasteiger partial charge is 0.378 e. The molecule has 3 aliphatic heterocycles. The highest BCUT2D eigenvalue weighted by Crippen LogP contribution is 2.30. The number of aromatic nitrogens is 4. The van der Waals surface area contributed by atoms with E-state index in [0.717, 1.165) is 66.1 Å². The van der Waals surface area contributed by atoms with Gasteiger partial charge in [0.15, 0.2) is 0 Å². The molecule has 3 saturated heterocycles. The zero-order valence-electron chi connectivity index (χ0n) is 28.5. The molecule has 4 aromatic rings. The molecule has 0 saturated carbocycles. The molecule has 0 spiro atoms.